The van der Waals surface area contributed by atoms with Crippen LogP contribution in [0.5, 0.6) is 5.75 Å². The predicted octanol–water partition coefficient (Wildman–Crippen LogP) is 3.53. The van der Waals surface area contributed by atoms with Gasteiger partial charge < -0.3 is 10.1 Å². The highest BCUT2D eigenvalue weighted by Gasteiger charge is 2.07. The Labute approximate surface area is 118 Å². The fraction of sp³-hybridized carbons (Fsp3) is 0.400. The zero-order valence-electron chi connectivity index (χ0n) is 11.5. The molecule has 0 saturated heterocycles. The molecule has 1 heterocycles. The van der Waals surface area contributed by atoms with Crippen molar-refractivity contribution >= 4 is 11.3 Å². The Bertz CT molecular complexity index is 497. The number of nitrogens with one attached hydrogen (secondary N) is 1. The van der Waals surface area contributed by atoms with E-state index in [1.54, 1.807) is 11.3 Å². The summed E-state index contributed by atoms with van der Waals surface area (Å²) in [4.78, 5) is 5.21. The lowest BCUT2D eigenvalue weighted by Crippen LogP contribution is -2.15. The van der Waals surface area contributed by atoms with Gasteiger partial charge in [-0.1, -0.05) is 25.1 Å². The van der Waals surface area contributed by atoms with Gasteiger partial charge in [0.1, 0.15) is 12.4 Å². The van der Waals surface area contributed by atoms with Crippen molar-refractivity contribution in [2.75, 3.05) is 6.54 Å². The Morgan fingerprint density at radius 1 is 1.37 bits per heavy atom. The first-order chi connectivity index (χ1) is 9.31. The number of nitrogens with zero attached hydrogens (tertiary/aromatic N) is 1. The quantitative estimate of drug-likeness (QED) is 0.786. The molecule has 0 aliphatic heterocycles. The van der Waals surface area contributed by atoms with E-state index in [4.69, 9.17) is 4.74 Å². The van der Waals surface area contributed by atoms with Crippen LogP contribution in [-0.4, -0.2) is 11.5 Å². The van der Waals surface area contributed by atoms with Crippen molar-refractivity contribution in [1.82, 2.24) is 10.3 Å². The predicted molar refractivity (Wildman–Crippen MR) is 79.6 cm³/mol. The maximum atomic E-state index is 5.97. The van der Waals surface area contributed by atoms with Crippen LogP contribution in [0.3, 0.4) is 0 Å². The number of hydrogen-bond acceptors (Lipinski definition) is 4. The fourth-order valence-electron chi connectivity index (χ4n) is 1.92. The van der Waals surface area contributed by atoms with Gasteiger partial charge in [0.25, 0.3) is 0 Å². The third kappa shape index (κ3) is 4.04. The molecule has 0 atom stereocenters. The number of benzene rings is 1. The van der Waals surface area contributed by atoms with Crippen molar-refractivity contribution in [3.63, 3.8) is 0 Å². The van der Waals surface area contributed by atoms with Gasteiger partial charge in [0.15, 0.2) is 0 Å². The van der Waals surface area contributed by atoms with Crippen LogP contribution in [0, 0.1) is 6.92 Å². The zero-order valence-corrected chi connectivity index (χ0v) is 12.3. The van der Waals surface area contributed by atoms with Gasteiger partial charge in [-0.05, 0) is 25.5 Å². The second-order valence-electron chi connectivity index (χ2n) is 4.50. The van der Waals surface area contributed by atoms with Crippen LogP contribution in [0.15, 0.2) is 29.9 Å². The summed E-state index contributed by atoms with van der Waals surface area (Å²) >= 11 is 1.62. The van der Waals surface area contributed by atoms with E-state index in [0.29, 0.717) is 6.61 Å². The molecule has 1 aromatic heterocycles. The number of rotatable bonds is 7. The van der Waals surface area contributed by atoms with Gasteiger partial charge in [0.2, 0.25) is 0 Å². The molecule has 19 heavy (non-hydrogen) atoms. The minimum Gasteiger partial charge on any atom is -0.487 e. The molecule has 0 bridgehead atoms. The van der Waals surface area contributed by atoms with E-state index in [1.807, 2.05) is 11.7 Å². The smallest absolute Gasteiger partial charge is 0.127 e. The largest absolute Gasteiger partial charge is 0.487 e. The van der Waals surface area contributed by atoms with Crippen LogP contribution in [0.1, 0.15) is 29.3 Å². The summed E-state index contributed by atoms with van der Waals surface area (Å²) in [6.07, 6.45) is 3.00. The number of ether oxygens (including phenoxy) is 1. The maximum Gasteiger partial charge on any atom is 0.127 e. The van der Waals surface area contributed by atoms with Gasteiger partial charge in [-0.2, -0.15) is 0 Å². The van der Waals surface area contributed by atoms with Crippen LogP contribution < -0.4 is 10.1 Å². The van der Waals surface area contributed by atoms with Crippen molar-refractivity contribution in [1.29, 1.82) is 0 Å². The van der Waals surface area contributed by atoms with Crippen LogP contribution in [0.25, 0.3) is 0 Å². The molecule has 3 nitrogen and oxygen atoms in total. The second-order valence-corrected chi connectivity index (χ2v) is 5.47. The third-order valence-corrected chi connectivity index (χ3v) is 3.63. The molecule has 1 N–H and O–H groups in total. The van der Waals surface area contributed by atoms with Crippen molar-refractivity contribution in [3.8, 4) is 5.75 Å². The standard InChI is InChI=1S/C15H20N2OS/c1-3-7-16-8-13-6-4-5-12(2)15(13)18-10-14-9-17-11-19-14/h4-6,9,11,16H,3,7-8,10H2,1-2H3. The summed E-state index contributed by atoms with van der Waals surface area (Å²) in [7, 11) is 0. The highest BCUT2D eigenvalue weighted by Crippen LogP contribution is 2.24. The molecule has 0 saturated carbocycles. The molecule has 2 rings (SSSR count). The number of aryl methyl sites for hydroxylation is 1. The van der Waals surface area contributed by atoms with Gasteiger partial charge in [0, 0.05) is 18.3 Å². The lowest BCUT2D eigenvalue weighted by Gasteiger charge is -2.14. The summed E-state index contributed by atoms with van der Waals surface area (Å²) in [6, 6.07) is 6.29. The van der Waals surface area contributed by atoms with Crippen molar-refractivity contribution < 1.29 is 4.74 Å². The van der Waals surface area contributed by atoms with Crippen molar-refractivity contribution in [2.24, 2.45) is 0 Å². The monoisotopic (exact) mass is 276 g/mol. The van der Waals surface area contributed by atoms with Gasteiger partial charge in [-0.3, -0.25) is 4.98 Å². The molecule has 2 aromatic rings. The molecule has 0 spiro atoms. The van der Waals surface area contributed by atoms with E-state index in [1.165, 1.54) is 11.1 Å². The highest BCUT2D eigenvalue weighted by molar-refractivity contribution is 7.09. The second kappa shape index (κ2) is 7.26. The number of thiazole rings is 1. The maximum absolute atomic E-state index is 5.97. The fourth-order valence-corrected chi connectivity index (χ4v) is 2.42. The average Bonchev–Trinajstić information content (AvgIpc) is 2.91. The normalized spacial score (nSPS) is 10.6. The molecule has 0 amide bonds. The third-order valence-electron chi connectivity index (χ3n) is 2.88. The van der Waals surface area contributed by atoms with Crippen molar-refractivity contribution in [2.45, 2.75) is 33.4 Å². The van der Waals surface area contributed by atoms with E-state index in [0.717, 1.165) is 30.1 Å². The molecule has 0 fully saturated rings. The first-order valence-corrected chi connectivity index (χ1v) is 7.48. The Kier molecular flexibility index (Phi) is 5.36. The highest BCUT2D eigenvalue weighted by atomic mass is 32.1. The molecule has 1 aromatic carbocycles. The first-order valence-electron chi connectivity index (χ1n) is 6.60. The van der Waals surface area contributed by atoms with Crippen LogP contribution in [0.2, 0.25) is 0 Å². The molecule has 0 radical (unpaired) electrons. The zero-order chi connectivity index (χ0) is 13.5. The minimum absolute atomic E-state index is 0.594. The van der Waals surface area contributed by atoms with Crippen LogP contribution in [0.4, 0.5) is 0 Å². The SMILES string of the molecule is CCCNCc1cccc(C)c1OCc1cncs1. The molecule has 0 aliphatic carbocycles. The summed E-state index contributed by atoms with van der Waals surface area (Å²) in [6.45, 7) is 6.74. The van der Waals surface area contributed by atoms with Gasteiger partial charge >= 0.3 is 0 Å². The molecule has 0 aliphatic rings. The summed E-state index contributed by atoms with van der Waals surface area (Å²) in [5.41, 5.74) is 4.23. The van der Waals surface area contributed by atoms with E-state index in [-0.39, 0.29) is 0 Å². The van der Waals surface area contributed by atoms with Crippen LogP contribution in [-0.2, 0) is 13.2 Å². The van der Waals surface area contributed by atoms with E-state index >= 15 is 0 Å². The summed E-state index contributed by atoms with van der Waals surface area (Å²) in [5.74, 6) is 1.000. The Morgan fingerprint density at radius 3 is 3.00 bits per heavy atom. The molecule has 102 valence electrons. The van der Waals surface area contributed by atoms with E-state index in [2.05, 4.69) is 42.3 Å². The Balaban J connectivity index is 2.04. The van der Waals surface area contributed by atoms with Gasteiger partial charge in [0.05, 0.1) is 10.4 Å². The molecule has 0 unspecified atom stereocenters. The van der Waals surface area contributed by atoms with Crippen molar-refractivity contribution in [3.05, 3.63) is 45.9 Å². The minimum atomic E-state index is 0.594. The lowest BCUT2D eigenvalue weighted by atomic mass is 10.1. The Morgan fingerprint density at radius 2 is 2.26 bits per heavy atom. The van der Waals surface area contributed by atoms with Crippen LogP contribution >= 0.6 is 11.3 Å². The van der Waals surface area contributed by atoms with Gasteiger partial charge in [-0.25, -0.2) is 0 Å². The molecular formula is C15H20N2OS. The number of hydrogen-bond donors (Lipinski definition) is 1. The van der Waals surface area contributed by atoms with E-state index in [9.17, 15) is 0 Å². The summed E-state index contributed by atoms with van der Waals surface area (Å²) in [5, 5.41) is 3.42. The first kappa shape index (κ1) is 14.0. The van der Waals surface area contributed by atoms with E-state index < -0.39 is 0 Å². The number of aromatic nitrogens is 1. The Hall–Kier alpha value is -1.39. The lowest BCUT2D eigenvalue weighted by molar-refractivity contribution is 0.303. The topological polar surface area (TPSA) is 34.1 Å². The van der Waals surface area contributed by atoms with Gasteiger partial charge in [-0.15, -0.1) is 11.3 Å². The molecule has 4 heteroatoms. The molecular weight excluding hydrogens is 256 g/mol. The number of para-hydroxylation sites is 1. The average molecular weight is 276 g/mol. The summed E-state index contributed by atoms with van der Waals surface area (Å²) < 4.78 is 5.97.